The lowest BCUT2D eigenvalue weighted by Gasteiger charge is -2.47. The Hall–Kier alpha value is -2.92. The Morgan fingerprint density at radius 1 is 1.11 bits per heavy atom. The van der Waals surface area contributed by atoms with E-state index in [1.54, 1.807) is 32.0 Å². The lowest BCUT2D eigenvalue weighted by Crippen LogP contribution is -2.62. The Morgan fingerprint density at radius 2 is 1.76 bits per heavy atom. The Balaban J connectivity index is 1.38. The molecular weight excluding hydrogens is 509 g/mol. The molecule has 7 nitrogen and oxygen atoms in total. The van der Waals surface area contributed by atoms with Crippen molar-refractivity contribution in [2.24, 2.45) is 5.16 Å². The fourth-order valence-corrected chi connectivity index (χ4v) is 5.91. The number of carbonyl (C=O) groups excluding carboxylic acids is 1. The molecule has 1 saturated heterocycles. The number of amides is 1. The molecule has 0 radical (unpaired) electrons. The average Bonchev–Trinajstić information content (AvgIpc) is 3.37. The Labute approximate surface area is 213 Å². The highest BCUT2D eigenvalue weighted by Crippen LogP contribution is 2.50. The first-order chi connectivity index (χ1) is 17.1. The molecule has 37 heavy (non-hydrogen) atoms. The van der Waals surface area contributed by atoms with Crippen LogP contribution in [0.15, 0.2) is 35.5 Å². The molecule has 3 aliphatic heterocycles. The van der Waals surface area contributed by atoms with Gasteiger partial charge in [-0.15, -0.1) is 0 Å². The van der Waals surface area contributed by atoms with E-state index in [0.29, 0.717) is 5.56 Å². The predicted octanol–water partition coefficient (Wildman–Crippen LogP) is 3.81. The summed E-state index contributed by atoms with van der Waals surface area (Å²) in [5.74, 6) is -1.04. The van der Waals surface area contributed by atoms with Gasteiger partial charge in [0.05, 0.1) is 25.4 Å². The van der Waals surface area contributed by atoms with Crippen LogP contribution in [-0.2, 0) is 42.0 Å². The normalized spacial score (nSPS) is 22.5. The van der Waals surface area contributed by atoms with E-state index in [9.17, 15) is 26.4 Å². The van der Waals surface area contributed by atoms with Crippen molar-refractivity contribution in [3.8, 4) is 0 Å². The first kappa shape index (κ1) is 25.7. The van der Waals surface area contributed by atoms with E-state index >= 15 is 0 Å². The second kappa shape index (κ2) is 8.29. The van der Waals surface area contributed by atoms with Gasteiger partial charge in [0.2, 0.25) is 5.91 Å². The average molecular weight is 537 g/mol. The van der Waals surface area contributed by atoms with Crippen LogP contribution in [0, 0.1) is 20.8 Å². The Morgan fingerprint density at radius 3 is 2.35 bits per heavy atom. The van der Waals surface area contributed by atoms with Gasteiger partial charge in [0.15, 0.2) is 9.84 Å². The van der Waals surface area contributed by atoms with Crippen molar-refractivity contribution in [3.63, 3.8) is 0 Å². The zero-order valence-electron chi connectivity index (χ0n) is 20.9. The number of hydrogen-bond donors (Lipinski definition) is 0. The zero-order chi connectivity index (χ0) is 27.0. The third-order valence-corrected chi connectivity index (χ3v) is 8.41. The summed E-state index contributed by atoms with van der Waals surface area (Å²) >= 11 is 0. The summed E-state index contributed by atoms with van der Waals surface area (Å²) in [5, 5.41) is 3.90. The van der Waals surface area contributed by atoms with Crippen LogP contribution in [0.3, 0.4) is 0 Å². The minimum absolute atomic E-state index is 0.0242. The summed E-state index contributed by atoms with van der Waals surface area (Å²) in [6.45, 7) is 6.10. The SMILES string of the molecule is Cc1cc(C2(C(F)(F)F)CC(c3ccc4c(c3)COC43CN(C(=O)CS(C)(=O)=O)C3)=NO2)cc(C)c1C. The van der Waals surface area contributed by atoms with E-state index in [1.807, 2.05) is 6.92 Å². The highest BCUT2D eigenvalue weighted by atomic mass is 32.2. The van der Waals surface area contributed by atoms with Crippen LogP contribution in [-0.4, -0.2) is 56.2 Å². The lowest BCUT2D eigenvalue weighted by molar-refractivity contribution is -0.275. The summed E-state index contributed by atoms with van der Waals surface area (Å²) in [5.41, 5.74) is 1.48. The molecule has 0 aromatic heterocycles. The van der Waals surface area contributed by atoms with Crippen molar-refractivity contribution in [2.75, 3.05) is 25.1 Å². The maximum Gasteiger partial charge on any atom is 0.435 e. The first-order valence-corrected chi connectivity index (χ1v) is 13.8. The summed E-state index contributed by atoms with van der Waals surface area (Å²) in [4.78, 5) is 18.9. The summed E-state index contributed by atoms with van der Waals surface area (Å²) < 4.78 is 72.2. The molecule has 1 spiro atoms. The molecule has 5 rings (SSSR count). The van der Waals surface area contributed by atoms with Gasteiger partial charge in [-0.1, -0.05) is 29.4 Å². The smallest absolute Gasteiger partial charge is 0.374 e. The van der Waals surface area contributed by atoms with Gasteiger partial charge < -0.3 is 14.5 Å². The molecule has 3 aliphatic rings. The molecule has 11 heteroatoms. The number of halogens is 3. The molecule has 0 aliphatic carbocycles. The number of nitrogens with zero attached hydrogens (tertiary/aromatic N) is 2. The van der Waals surface area contributed by atoms with Crippen molar-refractivity contribution in [3.05, 3.63) is 69.3 Å². The van der Waals surface area contributed by atoms with Crippen molar-refractivity contribution in [1.29, 1.82) is 0 Å². The van der Waals surface area contributed by atoms with E-state index in [0.717, 1.165) is 34.1 Å². The number of alkyl halides is 3. The van der Waals surface area contributed by atoms with Gasteiger partial charge in [-0.25, -0.2) is 8.42 Å². The predicted molar refractivity (Wildman–Crippen MR) is 130 cm³/mol. The summed E-state index contributed by atoms with van der Waals surface area (Å²) in [6.07, 6.45) is -4.14. The number of benzene rings is 2. The van der Waals surface area contributed by atoms with Crippen LogP contribution in [0.2, 0.25) is 0 Å². The van der Waals surface area contributed by atoms with Gasteiger partial charge in [-0.05, 0) is 60.2 Å². The quantitative estimate of drug-likeness (QED) is 0.594. The van der Waals surface area contributed by atoms with Crippen molar-refractivity contribution < 1.29 is 36.0 Å². The van der Waals surface area contributed by atoms with Crippen LogP contribution >= 0.6 is 0 Å². The molecule has 0 saturated carbocycles. The number of fused-ring (bicyclic) bond motifs is 2. The molecule has 1 fully saturated rings. The minimum Gasteiger partial charge on any atom is -0.374 e. The van der Waals surface area contributed by atoms with E-state index in [-0.39, 0.29) is 31.0 Å². The molecule has 198 valence electrons. The topological polar surface area (TPSA) is 85.3 Å². The summed E-state index contributed by atoms with van der Waals surface area (Å²) in [7, 11) is -3.44. The maximum atomic E-state index is 14.4. The largest absolute Gasteiger partial charge is 0.435 e. The minimum atomic E-state index is -4.69. The monoisotopic (exact) mass is 536 g/mol. The molecule has 2 aromatic rings. The third kappa shape index (κ3) is 4.21. The van der Waals surface area contributed by atoms with Crippen LogP contribution in [0.4, 0.5) is 13.2 Å². The van der Waals surface area contributed by atoms with Crippen LogP contribution in [0.1, 0.15) is 45.4 Å². The number of sulfone groups is 1. The number of ether oxygens (including phenoxy) is 1. The van der Waals surface area contributed by atoms with Gasteiger partial charge in [0.25, 0.3) is 5.60 Å². The standard InChI is InChI=1S/C26H27F3N2O5S/c1-15-7-20(8-16(2)17(15)3)25(26(27,28)29)10-22(30-36-25)18-5-6-21-19(9-18)11-35-24(21)13-31(14-24)23(32)12-37(4,33)34/h5-9H,10-14H2,1-4H3. The van der Waals surface area contributed by atoms with Gasteiger partial charge in [-0.2, -0.15) is 13.2 Å². The van der Waals surface area contributed by atoms with Gasteiger partial charge >= 0.3 is 6.18 Å². The zero-order valence-corrected chi connectivity index (χ0v) is 21.7. The Bertz CT molecular complexity index is 1420. The van der Waals surface area contributed by atoms with Gasteiger partial charge in [0.1, 0.15) is 11.4 Å². The van der Waals surface area contributed by atoms with Gasteiger partial charge in [-0.3, -0.25) is 4.79 Å². The van der Waals surface area contributed by atoms with Crippen molar-refractivity contribution in [1.82, 2.24) is 4.90 Å². The number of likely N-dealkylation sites (tertiary alicyclic amines) is 1. The number of rotatable bonds is 4. The van der Waals surface area contributed by atoms with E-state index in [4.69, 9.17) is 9.57 Å². The van der Waals surface area contributed by atoms with Crippen molar-refractivity contribution >= 4 is 21.5 Å². The number of aryl methyl sites for hydroxylation is 2. The number of oxime groups is 1. The van der Waals surface area contributed by atoms with E-state index in [2.05, 4.69) is 5.16 Å². The van der Waals surface area contributed by atoms with E-state index < -0.39 is 45.3 Å². The Kier molecular flexibility index (Phi) is 5.76. The molecule has 3 heterocycles. The highest BCUT2D eigenvalue weighted by molar-refractivity contribution is 7.91. The van der Waals surface area contributed by atoms with E-state index in [1.165, 1.54) is 17.0 Å². The van der Waals surface area contributed by atoms with Crippen LogP contribution in [0.5, 0.6) is 0 Å². The fourth-order valence-electron chi connectivity index (χ4n) is 5.28. The molecule has 1 amide bonds. The number of hydrogen-bond acceptors (Lipinski definition) is 6. The van der Waals surface area contributed by atoms with Crippen LogP contribution in [0.25, 0.3) is 0 Å². The first-order valence-electron chi connectivity index (χ1n) is 11.8. The highest BCUT2D eigenvalue weighted by Gasteiger charge is 2.62. The molecule has 1 atom stereocenters. The second-order valence-electron chi connectivity index (χ2n) is 10.3. The fraction of sp³-hybridized carbons (Fsp3) is 0.462. The van der Waals surface area contributed by atoms with Crippen molar-refractivity contribution in [2.45, 2.75) is 51.2 Å². The van der Waals surface area contributed by atoms with Crippen LogP contribution < -0.4 is 0 Å². The van der Waals surface area contributed by atoms with Gasteiger partial charge in [0, 0.05) is 18.2 Å². The molecule has 0 N–H and O–H groups in total. The molecule has 0 bridgehead atoms. The second-order valence-corrected chi connectivity index (χ2v) is 12.5. The molecular formula is C26H27F3N2O5S. The number of carbonyl (C=O) groups is 1. The lowest BCUT2D eigenvalue weighted by atomic mass is 9.82. The maximum absolute atomic E-state index is 14.4. The summed E-state index contributed by atoms with van der Waals surface area (Å²) in [6, 6.07) is 8.26. The third-order valence-electron chi connectivity index (χ3n) is 7.64. The molecule has 2 aromatic carbocycles. The molecule has 1 unspecified atom stereocenters.